The fraction of sp³-hybridized carbons (Fsp3) is 0.533. The van der Waals surface area contributed by atoms with Crippen LogP contribution in [0.4, 0.5) is 0 Å². The summed E-state index contributed by atoms with van der Waals surface area (Å²) in [7, 11) is 0. The maximum absolute atomic E-state index is 12.0. The molecule has 11 heteroatoms. The highest BCUT2D eigenvalue weighted by molar-refractivity contribution is 9.11. The Morgan fingerprint density at radius 2 is 2.27 bits per heavy atom. The smallest absolute Gasteiger partial charge is 0.330 e. The lowest BCUT2D eigenvalue weighted by Crippen LogP contribution is -2.35. The zero-order valence-electron chi connectivity index (χ0n) is 13.7. The van der Waals surface area contributed by atoms with E-state index in [-0.39, 0.29) is 37.6 Å². The summed E-state index contributed by atoms with van der Waals surface area (Å²) >= 11 is 3.09. The Morgan fingerprint density at radius 3 is 2.96 bits per heavy atom. The number of esters is 1. The number of halogens is 2. The molecule has 0 aromatic carbocycles. The van der Waals surface area contributed by atoms with Gasteiger partial charge in [0.2, 0.25) is 0 Å². The molecule has 26 heavy (non-hydrogen) atoms. The fourth-order valence-electron chi connectivity index (χ4n) is 2.71. The number of H-pyrrole nitrogens is 1. The average molecular weight is 453 g/mol. The summed E-state index contributed by atoms with van der Waals surface area (Å²) in [4.78, 5) is 39.3. The molecule has 144 valence electrons. The van der Waals surface area contributed by atoms with Gasteiger partial charge in [-0.15, -0.1) is 12.4 Å². The molecular formula is C15H19BrClN3O6. The molecular weight excluding hydrogens is 434 g/mol. The molecule has 0 unspecified atom stereocenters. The average Bonchev–Trinajstić information content (AvgIpc) is 3.27. The van der Waals surface area contributed by atoms with Crippen LogP contribution in [0.2, 0.25) is 0 Å². The number of nitrogens with zero attached hydrogens (tertiary/aromatic N) is 1. The normalized spacial score (nSPS) is 25.3. The molecule has 0 amide bonds. The maximum Gasteiger partial charge on any atom is 0.330 e. The third-order valence-corrected chi connectivity index (χ3v) is 4.25. The van der Waals surface area contributed by atoms with Gasteiger partial charge in [-0.05, 0) is 30.4 Å². The first-order valence-corrected chi connectivity index (χ1v) is 8.79. The quantitative estimate of drug-likeness (QED) is 0.625. The predicted molar refractivity (Wildman–Crippen MR) is 98.4 cm³/mol. The molecule has 0 spiro atoms. The number of carbonyl (C=O) groups is 1. The second-order valence-electron chi connectivity index (χ2n) is 5.68. The highest BCUT2D eigenvalue weighted by Gasteiger charge is 2.31. The first kappa shape index (κ1) is 20.8. The van der Waals surface area contributed by atoms with Crippen molar-refractivity contribution in [3.63, 3.8) is 0 Å². The van der Waals surface area contributed by atoms with Crippen LogP contribution in [-0.4, -0.2) is 47.6 Å². The van der Waals surface area contributed by atoms with Gasteiger partial charge < -0.3 is 19.5 Å². The number of nitrogens with one attached hydrogen (secondary N) is 2. The molecule has 3 rings (SSSR count). The van der Waals surface area contributed by atoms with Crippen LogP contribution in [0.3, 0.4) is 0 Å². The fourth-order valence-corrected chi connectivity index (χ4v) is 3.00. The van der Waals surface area contributed by atoms with Crippen molar-refractivity contribution in [2.45, 2.75) is 31.4 Å². The van der Waals surface area contributed by atoms with Gasteiger partial charge in [0.15, 0.2) is 12.5 Å². The Bertz CT molecular complexity index is 773. The van der Waals surface area contributed by atoms with Crippen LogP contribution in [0.15, 0.2) is 20.8 Å². The van der Waals surface area contributed by atoms with Gasteiger partial charge in [0, 0.05) is 6.20 Å². The number of hydrogen-bond donors (Lipinski definition) is 2. The van der Waals surface area contributed by atoms with Crippen LogP contribution in [0, 0.1) is 0 Å². The van der Waals surface area contributed by atoms with Crippen molar-refractivity contribution in [3.05, 3.63) is 37.6 Å². The van der Waals surface area contributed by atoms with Crippen LogP contribution in [0.5, 0.6) is 0 Å². The van der Waals surface area contributed by atoms with E-state index in [0.29, 0.717) is 5.56 Å². The Balaban J connectivity index is 0.00000243. The molecule has 0 saturated carbocycles. The van der Waals surface area contributed by atoms with Crippen molar-refractivity contribution in [2.24, 2.45) is 0 Å². The summed E-state index contributed by atoms with van der Waals surface area (Å²) in [5.74, 6) is -0.334. The molecule has 0 bridgehead atoms. The Labute approximate surface area is 163 Å². The topological polar surface area (TPSA) is 112 Å². The van der Waals surface area contributed by atoms with E-state index in [2.05, 4.69) is 26.2 Å². The summed E-state index contributed by atoms with van der Waals surface area (Å²) < 4.78 is 17.5. The third-order valence-electron chi connectivity index (χ3n) is 3.99. The minimum absolute atomic E-state index is 0. The molecule has 3 atom stereocenters. The van der Waals surface area contributed by atoms with E-state index in [4.69, 9.17) is 14.2 Å². The van der Waals surface area contributed by atoms with Gasteiger partial charge in [0.1, 0.15) is 12.6 Å². The highest BCUT2D eigenvalue weighted by atomic mass is 79.9. The zero-order chi connectivity index (χ0) is 17.8. The molecule has 1 aromatic heterocycles. The first-order chi connectivity index (χ1) is 12.1. The van der Waals surface area contributed by atoms with Crippen molar-refractivity contribution in [1.29, 1.82) is 0 Å². The van der Waals surface area contributed by atoms with Crippen molar-refractivity contribution in [3.8, 4) is 0 Å². The molecule has 9 nitrogen and oxygen atoms in total. The van der Waals surface area contributed by atoms with Gasteiger partial charge in [-0.2, -0.15) is 0 Å². The number of carbonyl (C=O) groups excluding carboxylic acids is 1. The van der Waals surface area contributed by atoms with Crippen LogP contribution in [0.1, 0.15) is 24.6 Å². The lowest BCUT2D eigenvalue weighted by molar-refractivity contribution is -0.161. The number of hydrogen-bond acceptors (Lipinski definition) is 7. The van der Waals surface area contributed by atoms with E-state index >= 15 is 0 Å². The molecule has 1 aromatic rings. The molecule has 2 saturated heterocycles. The SMILES string of the molecule is Cl.O=C(OC[C@H]1OC[C@@H](n2cc(/C=C/Br)c(=O)[nH]c2=O)O1)[C@@H]1CCCN1. The van der Waals surface area contributed by atoms with Gasteiger partial charge in [0.25, 0.3) is 5.56 Å². The third kappa shape index (κ3) is 4.83. The van der Waals surface area contributed by atoms with E-state index in [1.165, 1.54) is 21.8 Å². The number of ether oxygens (including phenoxy) is 3. The molecule has 2 fully saturated rings. The number of aromatic amines is 1. The molecule has 2 N–H and O–H groups in total. The highest BCUT2D eigenvalue weighted by Crippen LogP contribution is 2.20. The number of aromatic nitrogens is 2. The van der Waals surface area contributed by atoms with Crippen molar-refractivity contribution in [2.75, 3.05) is 19.8 Å². The Hall–Kier alpha value is -1.46. The lowest BCUT2D eigenvalue weighted by atomic mass is 10.2. The van der Waals surface area contributed by atoms with Crippen molar-refractivity contribution >= 4 is 40.4 Å². The zero-order valence-corrected chi connectivity index (χ0v) is 16.1. The maximum atomic E-state index is 12.0. The van der Waals surface area contributed by atoms with Crippen molar-refractivity contribution in [1.82, 2.24) is 14.9 Å². The number of rotatable bonds is 5. The second kappa shape index (κ2) is 9.47. The van der Waals surface area contributed by atoms with Gasteiger partial charge >= 0.3 is 11.7 Å². The largest absolute Gasteiger partial charge is 0.459 e. The van der Waals surface area contributed by atoms with Crippen molar-refractivity contribution < 1.29 is 19.0 Å². The standard InChI is InChI=1S/C15H18BrN3O6.ClH/c16-4-3-9-6-19(15(22)18-13(9)20)11-7-23-12(25-11)8-24-14(21)10-2-1-5-17-10;/h3-4,6,10-12,17H,1-2,5,7-8H2,(H,18,20,22);1H/b4-3+;/t10-,11-,12-;/m0./s1. The van der Waals surface area contributed by atoms with Gasteiger partial charge in [0.05, 0.1) is 12.2 Å². The van der Waals surface area contributed by atoms with Crippen LogP contribution in [0.25, 0.3) is 6.08 Å². The van der Waals surface area contributed by atoms with Crippen LogP contribution < -0.4 is 16.6 Å². The molecule has 0 radical (unpaired) electrons. The lowest BCUT2D eigenvalue weighted by Gasteiger charge is -2.15. The van der Waals surface area contributed by atoms with Gasteiger partial charge in [-0.1, -0.05) is 15.9 Å². The van der Waals surface area contributed by atoms with E-state index < -0.39 is 23.8 Å². The second-order valence-corrected chi connectivity index (χ2v) is 6.20. The summed E-state index contributed by atoms with van der Waals surface area (Å²) in [6.07, 6.45) is 3.13. The van der Waals surface area contributed by atoms with Gasteiger partial charge in [-0.3, -0.25) is 19.1 Å². The van der Waals surface area contributed by atoms with Crippen LogP contribution in [-0.2, 0) is 19.0 Å². The minimum atomic E-state index is -0.760. The molecule has 3 heterocycles. The van der Waals surface area contributed by atoms with E-state index in [0.717, 1.165) is 19.4 Å². The first-order valence-electron chi connectivity index (χ1n) is 7.88. The summed E-state index contributed by atoms with van der Waals surface area (Å²) in [6, 6.07) is -0.280. The summed E-state index contributed by atoms with van der Waals surface area (Å²) in [5, 5.41) is 3.05. The van der Waals surface area contributed by atoms with E-state index in [1.807, 2.05) is 0 Å². The molecule has 0 aliphatic carbocycles. The summed E-state index contributed by atoms with van der Waals surface area (Å²) in [5.41, 5.74) is -0.800. The van der Waals surface area contributed by atoms with Crippen LogP contribution >= 0.6 is 28.3 Å². The minimum Gasteiger partial charge on any atom is -0.459 e. The predicted octanol–water partition coefficient (Wildman–Crippen LogP) is 0.491. The monoisotopic (exact) mass is 451 g/mol. The van der Waals surface area contributed by atoms with E-state index in [9.17, 15) is 14.4 Å². The van der Waals surface area contributed by atoms with E-state index in [1.54, 1.807) is 0 Å². The summed E-state index contributed by atoms with van der Waals surface area (Å²) in [6.45, 7) is 0.853. The Kier molecular flexibility index (Phi) is 7.59. The molecule has 2 aliphatic heterocycles. The van der Waals surface area contributed by atoms with Gasteiger partial charge in [-0.25, -0.2) is 4.79 Å². The Morgan fingerprint density at radius 1 is 1.46 bits per heavy atom. The molecule has 2 aliphatic rings.